The summed E-state index contributed by atoms with van der Waals surface area (Å²) in [5, 5.41) is 5.11. The Bertz CT molecular complexity index is 550. The second-order valence-electron chi connectivity index (χ2n) is 5.97. The quantitative estimate of drug-likeness (QED) is 0.792. The second kappa shape index (κ2) is 6.76. The van der Waals surface area contributed by atoms with Crippen LogP contribution >= 0.6 is 11.3 Å². The second-order valence-corrected chi connectivity index (χ2v) is 6.88. The van der Waals surface area contributed by atoms with Gasteiger partial charge in [0.2, 0.25) is 5.91 Å². The van der Waals surface area contributed by atoms with Crippen molar-refractivity contribution < 1.29 is 14.3 Å². The highest BCUT2D eigenvalue weighted by Crippen LogP contribution is 2.29. The Balaban J connectivity index is 1.56. The summed E-state index contributed by atoms with van der Waals surface area (Å²) in [4.78, 5) is 25.8. The summed E-state index contributed by atoms with van der Waals surface area (Å²) < 4.78 is 5.41. The third-order valence-electron chi connectivity index (χ3n) is 4.11. The molecule has 0 spiro atoms. The number of primary amides is 1. The number of hydrogen-bond acceptors (Lipinski definition) is 5. The SMILES string of the molecule is NC(=O)c1ccsc1NC(=O)CN(C[C@@H]1CCOC1)C1CC1. The van der Waals surface area contributed by atoms with E-state index in [1.165, 1.54) is 11.3 Å². The van der Waals surface area contributed by atoms with Gasteiger partial charge in [-0.3, -0.25) is 14.5 Å². The summed E-state index contributed by atoms with van der Waals surface area (Å²) in [6, 6.07) is 2.15. The van der Waals surface area contributed by atoms with Crippen LogP contribution in [0.1, 0.15) is 29.6 Å². The minimum Gasteiger partial charge on any atom is -0.381 e. The Morgan fingerprint density at radius 1 is 1.41 bits per heavy atom. The predicted molar refractivity (Wildman–Crippen MR) is 85.0 cm³/mol. The van der Waals surface area contributed by atoms with E-state index < -0.39 is 5.91 Å². The highest BCUT2D eigenvalue weighted by Gasteiger charge is 2.32. The lowest BCUT2D eigenvalue weighted by Crippen LogP contribution is -2.38. The van der Waals surface area contributed by atoms with Gasteiger partial charge in [0.1, 0.15) is 5.00 Å². The molecule has 1 atom stereocenters. The summed E-state index contributed by atoms with van der Waals surface area (Å²) in [5.74, 6) is -0.0780. The molecule has 2 aliphatic rings. The van der Waals surface area contributed by atoms with Crippen LogP contribution in [-0.4, -0.2) is 49.1 Å². The standard InChI is InChI=1S/C15H21N3O3S/c16-14(20)12-4-6-22-15(12)17-13(19)8-18(11-1-2-11)7-10-3-5-21-9-10/h4,6,10-11H,1-3,5,7-9H2,(H2,16,20)(H,17,19)/t10-/m0/s1. The number of carbonyl (C=O) groups is 2. The Morgan fingerprint density at radius 2 is 2.23 bits per heavy atom. The Kier molecular flexibility index (Phi) is 4.75. The molecule has 0 aromatic carbocycles. The van der Waals surface area contributed by atoms with Crippen molar-refractivity contribution in [3.63, 3.8) is 0 Å². The number of carbonyl (C=O) groups excluding carboxylic acids is 2. The molecule has 2 fully saturated rings. The number of thiophene rings is 1. The summed E-state index contributed by atoms with van der Waals surface area (Å²) in [7, 11) is 0. The summed E-state index contributed by atoms with van der Waals surface area (Å²) in [6.07, 6.45) is 3.39. The molecule has 2 amide bonds. The van der Waals surface area contributed by atoms with Crippen molar-refractivity contribution in [3.8, 4) is 0 Å². The van der Waals surface area contributed by atoms with Gasteiger partial charge >= 0.3 is 0 Å². The molecule has 2 heterocycles. The van der Waals surface area contributed by atoms with Crippen LogP contribution in [0.5, 0.6) is 0 Å². The zero-order valence-electron chi connectivity index (χ0n) is 12.4. The number of nitrogens with zero attached hydrogens (tertiary/aromatic N) is 1. The van der Waals surface area contributed by atoms with Crippen molar-refractivity contribution in [1.29, 1.82) is 0 Å². The molecular formula is C15H21N3O3S. The highest BCUT2D eigenvalue weighted by molar-refractivity contribution is 7.14. The Morgan fingerprint density at radius 3 is 2.86 bits per heavy atom. The maximum Gasteiger partial charge on any atom is 0.251 e. The lowest BCUT2D eigenvalue weighted by atomic mass is 10.1. The van der Waals surface area contributed by atoms with Crippen LogP contribution in [0.25, 0.3) is 0 Å². The first-order valence-corrected chi connectivity index (χ1v) is 8.50. The van der Waals surface area contributed by atoms with Gasteiger partial charge in [-0.05, 0) is 36.6 Å². The minimum absolute atomic E-state index is 0.0873. The van der Waals surface area contributed by atoms with Crippen molar-refractivity contribution in [2.45, 2.75) is 25.3 Å². The Hall–Kier alpha value is -1.44. The molecule has 0 radical (unpaired) electrons. The minimum atomic E-state index is -0.515. The van der Waals surface area contributed by atoms with Crippen LogP contribution in [0.4, 0.5) is 5.00 Å². The number of ether oxygens (including phenoxy) is 1. The largest absolute Gasteiger partial charge is 0.381 e. The van der Waals surface area contributed by atoms with Gasteiger partial charge in [-0.25, -0.2) is 0 Å². The topological polar surface area (TPSA) is 84.7 Å². The lowest BCUT2D eigenvalue weighted by Gasteiger charge is -2.24. The molecule has 7 heteroatoms. The van der Waals surface area contributed by atoms with E-state index in [0.29, 0.717) is 29.1 Å². The van der Waals surface area contributed by atoms with Crippen molar-refractivity contribution in [3.05, 3.63) is 17.0 Å². The third kappa shape index (κ3) is 3.85. The molecule has 1 aromatic heterocycles. The van der Waals surface area contributed by atoms with Gasteiger partial charge < -0.3 is 15.8 Å². The van der Waals surface area contributed by atoms with Gasteiger partial charge in [0, 0.05) is 19.2 Å². The average Bonchev–Trinajstić information content (AvgIpc) is 2.99. The molecule has 3 N–H and O–H groups in total. The van der Waals surface area contributed by atoms with Gasteiger partial charge in [0.05, 0.1) is 18.7 Å². The maximum atomic E-state index is 12.3. The zero-order valence-corrected chi connectivity index (χ0v) is 13.2. The summed E-state index contributed by atoms with van der Waals surface area (Å²) >= 11 is 1.32. The van der Waals surface area contributed by atoms with Gasteiger partial charge in [0.15, 0.2) is 0 Å². The van der Waals surface area contributed by atoms with Crippen molar-refractivity contribution in [2.75, 3.05) is 31.6 Å². The molecule has 1 saturated heterocycles. The van der Waals surface area contributed by atoms with E-state index in [-0.39, 0.29) is 5.91 Å². The third-order valence-corrected chi connectivity index (χ3v) is 4.94. The molecular weight excluding hydrogens is 302 g/mol. The van der Waals surface area contributed by atoms with E-state index in [9.17, 15) is 9.59 Å². The molecule has 3 rings (SSSR count). The van der Waals surface area contributed by atoms with E-state index in [0.717, 1.165) is 39.0 Å². The fourth-order valence-electron chi connectivity index (χ4n) is 2.79. The molecule has 0 bridgehead atoms. The molecule has 22 heavy (non-hydrogen) atoms. The van der Waals surface area contributed by atoms with Crippen LogP contribution in [0.15, 0.2) is 11.4 Å². The van der Waals surface area contributed by atoms with E-state index in [1.807, 2.05) is 0 Å². The molecule has 6 nitrogen and oxygen atoms in total. The molecule has 1 aliphatic heterocycles. The van der Waals surface area contributed by atoms with Crippen molar-refractivity contribution in [2.24, 2.45) is 11.7 Å². The van der Waals surface area contributed by atoms with Crippen LogP contribution in [0, 0.1) is 5.92 Å². The van der Waals surface area contributed by atoms with Crippen LogP contribution in [0.3, 0.4) is 0 Å². The van der Waals surface area contributed by atoms with Crippen molar-refractivity contribution >= 4 is 28.2 Å². The van der Waals surface area contributed by atoms with Gasteiger partial charge in [-0.15, -0.1) is 11.3 Å². The van der Waals surface area contributed by atoms with Gasteiger partial charge in [0.25, 0.3) is 5.91 Å². The Labute approximate surface area is 133 Å². The molecule has 1 aromatic rings. The molecule has 1 saturated carbocycles. The maximum absolute atomic E-state index is 12.3. The first-order valence-electron chi connectivity index (χ1n) is 7.62. The summed E-state index contributed by atoms with van der Waals surface area (Å²) in [5.41, 5.74) is 5.67. The van der Waals surface area contributed by atoms with E-state index in [4.69, 9.17) is 10.5 Å². The number of nitrogens with one attached hydrogen (secondary N) is 1. The fraction of sp³-hybridized carbons (Fsp3) is 0.600. The molecule has 120 valence electrons. The van der Waals surface area contributed by atoms with E-state index in [1.54, 1.807) is 11.4 Å². The fourth-order valence-corrected chi connectivity index (χ4v) is 3.60. The average molecular weight is 323 g/mol. The zero-order chi connectivity index (χ0) is 15.5. The number of anilines is 1. The first-order chi connectivity index (χ1) is 10.6. The van der Waals surface area contributed by atoms with Crippen LogP contribution in [-0.2, 0) is 9.53 Å². The normalized spacial score (nSPS) is 21.2. The number of rotatable bonds is 7. The van der Waals surface area contributed by atoms with E-state index in [2.05, 4.69) is 10.2 Å². The lowest BCUT2D eigenvalue weighted by molar-refractivity contribution is -0.117. The molecule has 0 unspecified atom stereocenters. The van der Waals surface area contributed by atoms with Crippen LogP contribution < -0.4 is 11.1 Å². The summed E-state index contributed by atoms with van der Waals surface area (Å²) in [6.45, 7) is 2.89. The number of hydrogen-bond donors (Lipinski definition) is 2. The molecule has 1 aliphatic carbocycles. The van der Waals surface area contributed by atoms with Crippen LogP contribution in [0.2, 0.25) is 0 Å². The number of nitrogens with two attached hydrogens (primary N) is 1. The predicted octanol–water partition coefficient (Wildman–Crippen LogP) is 1.29. The van der Waals surface area contributed by atoms with Crippen molar-refractivity contribution in [1.82, 2.24) is 4.90 Å². The monoisotopic (exact) mass is 323 g/mol. The van der Waals surface area contributed by atoms with E-state index >= 15 is 0 Å². The smallest absolute Gasteiger partial charge is 0.251 e. The number of amides is 2. The van der Waals surface area contributed by atoms with Gasteiger partial charge in [-0.1, -0.05) is 0 Å². The highest BCUT2D eigenvalue weighted by atomic mass is 32.1. The van der Waals surface area contributed by atoms with Gasteiger partial charge in [-0.2, -0.15) is 0 Å². The first kappa shape index (κ1) is 15.5.